The number of nitrogens with one attached hydrogen (secondary N) is 1. The van der Waals surface area contributed by atoms with Gasteiger partial charge in [-0.05, 0) is 55.3 Å². The van der Waals surface area contributed by atoms with Gasteiger partial charge in [0, 0.05) is 24.2 Å². The number of pyridine rings is 1. The zero-order valence-corrected chi connectivity index (χ0v) is 16.8. The summed E-state index contributed by atoms with van der Waals surface area (Å²) in [7, 11) is 1.62. The fraction of sp³-hybridized carbons (Fsp3) is 0.150. The van der Waals surface area contributed by atoms with Crippen LogP contribution in [-0.4, -0.2) is 30.9 Å². The number of rotatable bonds is 4. The number of amides is 1. The lowest BCUT2D eigenvalue weighted by Crippen LogP contribution is -2.14. The van der Waals surface area contributed by atoms with E-state index in [1.54, 1.807) is 25.4 Å². The minimum Gasteiger partial charge on any atom is -0.296 e. The quantitative estimate of drug-likeness (QED) is 0.551. The standard InChI is InChI=1S/C20H17FN6OS/c1-11-8-9-22-16(12(11)2)15-10-29-20(23-15)24-19(28)18-17(25-27(3)26-18)13-4-6-14(21)7-5-13/h4-10H,1-3H3,(H,23,24,28). The molecule has 7 nitrogen and oxygen atoms in total. The molecule has 0 spiro atoms. The molecule has 29 heavy (non-hydrogen) atoms. The van der Waals surface area contributed by atoms with E-state index in [4.69, 9.17) is 0 Å². The molecular weight excluding hydrogens is 391 g/mol. The predicted octanol–water partition coefficient (Wildman–Crippen LogP) is 4.01. The highest BCUT2D eigenvalue weighted by atomic mass is 32.1. The van der Waals surface area contributed by atoms with Gasteiger partial charge in [-0.25, -0.2) is 9.37 Å². The Hall–Kier alpha value is -3.46. The van der Waals surface area contributed by atoms with E-state index in [1.807, 2.05) is 25.3 Å². The van der Waals surface area contributed by atoms with Crippen molar-refractivity contribution in [1.29, 1.82) is 0 Å². The van der Waals surface area contributed by atoms with Crippen LogP contribution >= 0.6 is 11.3 Å². The van der Waals surface area contributed by atoms with Crippen molar-refractivity contribution in [3.8, 4) is 22.6 Å². The largest absolute Gasteiger partial charge is 0.296 e. The maximum Gasteiger partial charge on any atom is 0.280 e. The molecule has 0 aliphatic heterocycles. The van der Waals surface area contributed by atoms with Crippen LogP contribution in [0.3, 0.4) is 0 Å². The Morgan fingerprint density at radius 2 is 1.86 bits per heavy atom. The van der Waals surface area contributed by atoms with Crippen LogP contribution in [0.15, 0.2) is 41.9 Å². The lowest BCUT2D eigenvalue weighted by Gasteiger charge is -2.04. The van der Waals surface area contributed by atoms with Gasteiger partial charge in [-0.2, -0.15) is 9.90 Å². The number of thiazole rings is 1. The van der Waals surface area contributed by atoms with E-state index in [0.29, 0.717) is 22.1 Å². The second kappa shape index (κ2) is 7.51. The van der Waals surface area contributed by atoms with E-state index < -0.39 is 5.91 Å². The summed E-state index contributed by atoms with van der Waals surface area (Å²) in [5.41, 5.74) is 4.76. The van der Waals surface area contributed by atoms with Crippen LogP contribution in [0.25, 0.3) is 22.6 Å². The Balaban J connectivity index is 1.61. The Morgan fingerprint density at radius 1 is 1.10 bits per heavy atom. The Labute approximate surface area is 170 Å². The molecule has 1 N–H and O–H groups in total. The Kier molecular flexibility index (Phi) is 4.89. The molecule has 0 aliphatic carbocycles. The van der Waals surface area contributed by atoms with Crippen molar-refractivity contribution < 1.29 is 9.18 Å². The van der Waals surface area contributed by atoms with E-state index in [1.165, 1.54) is 28.3 Å². The smallest absolute Gasteiger partial charge is 0.280 e. The summed E-state index contributed by atoms with van der Waals surface area (Å²) in [5, 5.41) is 13.5. The summed E-state index contributed by atoms with van der Waals surface area (Å²) in [6.45, 7) is 4.00. The fourth-order valence-electron chi connectivity index (χ4n) is 2.85. The number of hydrogen-bond donors (Lipinski definition) is 1. The van der Waals surface area contributed by atoms with Crippen molar-refractivity contribution in [1.82, 2.24) is 25.0 Å². The molecule has 0 fully saturated rings. The van der Waals surface area contributed by atoms with Crippen molar-refractivity contribution in [2.45, 2.75) is 13.8 Å². The molecule has 0 unspecified atom stereocenters. The lowest BCUT2D eigenvalue weighted by atomic mass is 10.1. The summed E-state index contributed by atoms with van der Waals surface area (Å²) in [6, 6.07) is 7.69. The van der Waals surface area contributed by atoms with Gasteiger partial charge in [-0.3, -0.25) is 15.1 Å². The average Bonchev–Trinajstić information content (AvgIpc) is 3.31. The number of carbonyl (C=O) groups excluding carboxylic acids is 1. The summed E-state index contributed by atoms with van der Waals surface area (Å²) in [4.78, 5) is 23.0. The molecule has 0 saturated carbocycles. The number of anilines is 1. The number of aryl methyl sites for hydroxylation is 2. The first-order chi connectivity index (χ1) is 13.9. The second-order valence-corrected chi connectivity index (χ2v) is 7.35. The van der Waals surface area contributed by atoms with E-state index in [9.17, 15) is 9.18 Å². The normalized spacial score (nSPS) is 10.9. The molecule has 9 heteroatoms. The van der Waals surface area contributed by atoms with Crippen LogP contribution in [0.1, 0.15) is 21.6 Å². The molecule has 3 aromatic heterocycles. The molecule has 0 atom stereocenters. The summed E-state index contributed by atoms with van der Waals surface area (Å²) in [6.07, 6.45) is 1.74. The number of carbonyl (C=O) groups is 1. The van der Waals surface area contributed by atoms with Gasteiger partial charge in [0.1, 0.15) is 17.2 Å². The SMILES string of the molecule is Cc1ccnc(-c2csc(NC(=O)c3nn(C)nc3-c3ccc(F)cc3)n2)c1C. The van der Waals surface area contributed by atoms with Gasteiger partial charge in [0.2, 0.25) is 0 Å². The van der Waals surface area contributed by atoms with Crippen LogP contribution in [-0.2, 0) is 7.05 Å². The minimum atomic E-state index is -0.438. The molecule has 146 valence electrons. The van der Waals surface area contributed by atoms with Gasteiger partial charge in [-0.1, -0.05) is 0 Å². The predicted molar refractivity (Wildman–Crippen MR) is 109 cm³/mol. The van der Waals surface area contributed by atoms with Crippen LogP contribution in [0.2, 0.25) is 0 Å². The fourth-order valence-corrected chi connectivity index (χ4v) is 3.54. The molecule has 0 saturated heterocycles. The molecule has 3 heterocycles. The third kappa shape index (κ3) is 3.77. The first kappa shape index (κ1) is 18.9. The van der Waals surface area contributed by atoms with E-state index in [-0.39, 0.29) is 11.5 Å². The Morgan fingerprint density at radius 3 is 2.62 bits per heavy atom. The zero-order chi connectivity index (χ0) is 20.5. The van der Waals surface area contributed by atoms with Gasteiger partial charge in [-0.15, -0.1) is 16.4 Å². The highest BCUT2D eigenvalue weighted by molar-refractivity contribution is 7.14. The third-order valence-corrected chi connectivity index (χ3v) is 5.25. The second-order valence-electron chi connectivity index (χ2n) is 6.49. The maximum absolute atomic E-state index is 13.2. The molecule has 1 aromatic carbocycles. The molecule has 0 aliphatic rings. The molecule has 0 radical (unpaired) electrons. The van der Waals surface area contributed by atoms with Crippen LogP contribution in [0.4, 0.5) is 9.52 Å². The van der Waals surface area contributed by atoms with Crippen molar-refractivity contribution in [3.63, 3.8) is 0 Å². The molecule has 0 bridgehead atoms. The van der Waals surface area contributed by atoms with Gasteiger partial charge < -0.3 is 0 Å². The number of halogens is 1. The zero-order valence-electron chi connectivity index (χ0n) is 16.0. The monoisotopic (exact) mass is 408 g/mol. The van der Waals surface area contributed by atoms with E-state index in [2.05, 4.69) is 25.5 Å². The Bertz CT molecular complexity index is 1200. The summed E-state index contributed by atoms with van der Waals surface area (Å²) in [5.74, 6) is -0.800. The summed E-state index contributed by atoms with van der Waals surface area (Å²) < 4.78 is 13.2. The van der Waals surface area contributed by atoms with Gasteiger partial charge in [0.15, 0.2) is 10.8 Å². The first-order valence-electron chi connectivity index (χ1n) is 8.79. The van der Waals surface area contributed by atoms with Gasteiger partial charge >= 0.3 is 0 Å². The molecular formula is C20H17FN6OS. The van der Waals surface area contributed by atoms with Gasteiger partial charge in [0.05, 0.1) is 5.69 Å². The lowest BCUT2D eigenvalue weighted by molar-refractivity contribution is 0.102. The van der Waals surface area contributed by atoms with Crippen molar-refractivity contribution in [2.24, 2.45) is 7.05 Å². The van der Waals surface area contributed by atoms with Crippen LogP contribution in [0, 0.1) is 19.7 Å². The number of nitrogens with zero attached hydrogens (tertiary/aromatic N) is 5. The van der Waals surface area contributed by atoms with Crippen molar-refractivity contribution >= 4 is 22.4 Å². The topological polar surface area (TPSA) is 85.6 Å². The number of benzene rings is 1. The first-order valence-corrected chi connectivity index (χ1v) is 9.67. The number of aromatic nitrogens is 5. The van der Waals surface area contributed by atoms with Crippen molar-refractivity contribution in [3.05, 3.63) is 64.5 Å². The number of hydrogen-bond acceptors (Lipinski definition) is 6. The highest BCUT2D eigenvalue weighted by Gasteiger charge is 2.21. The molecule has 4 rings (SSSR count). The van der Waals surface area contributed by atoms with Crippen molar-refractivity contribution in [2.75, 3.05) is 5.32 Å². The molecule has 1 amide bonds. The molecule has 4 aromatic rings. The van der Waals surface area contributed by atoms with E-state index >= 15 is 0 Å². The van der Waals surface area contributed by atoms with Crippen LogP contribution in [0.5, 0.6) is 0 Å². The minimum absolute atomic E-state index is 0.140. The third-order valence-electron chi connectivity index (χ3n) is 4.49. The maximum atomic E-state index is 13.2. The average molecular weight is 408 g/mol. The van der Waals surface area contributed by atoms with Crippen LogP contribution < -0.4 is 5.32 Å². The summed E-state index contributed by atoms with van der Waals surface area (Å²) >= 11 is 1.30. The highest BCUT2D eigenvalue weighted by Crippen LogP contribution is 2.28. The van der Waals surface area contributed by atoms with E-state index in [0.717, 1.165) is 16.8 Å². The van der Waals surface area contributed by atoms with Gasteiger partial charge in [0.25, 0.3) is 5.91 Å².